The molecule has 1 saturated carbocycles. The molecule has 3 aliphatic rings. The fraction of sp³-hybridized carbons (Fsp3) is 1.00. The van der Waals surface area contributed by atoms with Crippen molar-refractivity contribution in [1.29, 1.82) is 0 Å². The van der Waals surface area contributed by atoms with Crippen LogP contribution in [0.4, 0.5) is 0 Å². The van der Waals surface area contributed by atoms with Crippen molar-refractivity contribution in [2.45, 2.75) is 31.9 Å². The first-order valence-corrected chi connectivity index (χ1v) is 5.23. The lowest BCUT2D eigenvalue weighted by Gasteiger charge is -2.47. The Kier molecular flexibility index (Phi) is 2.13. The molecule has 2 aliphatic heterocycles. The van der Waals surface area contributed by atoms with Gasteiger partial charge in [-0.2, -0.15) is 0 Å². The molecule has 4 N–H and O–H groups in total. The molecule has 3 fully saturated rings. The minimum absolute atomic E-state index is 0.197. The van der Waals surface area contributed by atoms with E-state index in [2.05, 4.69) is 5.32 Å². The van der Waals surface area contributed by atoms with Crippen LogP contribution < -0.4 is 11.1 Å². The highest BCUT2D eigenvalue weighted by atomic mass is 16.3. The Morgan fingerprint density at radius 1 is 1.69 bits per heavy atom. The number of nitrogens with one attached hydrogen (secondary N) is 1. The fourth-order valence-electron chi connectivity index (χ4n) is 2.93. The third-order valence-corrected chi connectivity index (χ3v) is 4.17. The molecule has 5 unspecified atom stereocenters. The van der Waals surface area contributed by atoms with Gasteiger partial charge in [0.2, 0.25) is 0 Å². The smallest absolute Gasteiger partial charge is 0.0703 e. The van der Waals surface area contributed by atoms with E-state index in [1.165, 1.54) is 6.42 Å². The Bertz CT molecular complexity index is 191. The summed E-state index contributed by atoms with van der Waals surface area (Å²) in [5, 5.41) is 13.8. The largest absolute Gasteiger partial charge is 0.389 e. The predicted octanol–water partition coefficient (Wildman–Crippen LogP) is -0.0599. The molecule has 13 heavy (non-hydrogen) atoms. The second-order valence-corrected chi connectivity index (χ2v) is 4.90. The van der Waals surface area contributed by atoms with E-state index in [0.717, 1.165) is 6.54 Å². The number of hydrogen-bond acceptors (Lipinski definition) is 3. The van der Waals surface area contributed by atoms with E-state index < -0.39 is 5.60 Å². The fourth-order valence-corrected chi connectivity index (χ4v) is 2.93. The number of fused-ring (bicyclic) bond motifs is 1. The van der Waals surface area contributed by atoms with Crippen LogP contribution in [0.3, 0.4) is 0 Å². The SMILES string of the molecule is CC(CN)C(C)(O)C1C2CNC1C2. The molecule has 0 aromatic heterocycles. The average Bonchev–Trinajstić information content (AvgIpc) is 2.61. The Labute approximate surface area is 79.7 Å². The van der Waals surface area contributed by atoms with Gasteiger partial charge < -0.3 is 16.2 Å². The predicted molar refractivity (Wildman–Crippen MR) is 52.2 cm³/mol. The van der Waals surface area contributed by atoms with Crippen LogP contribution in [0, 0.1) is 17.8 Å². The Hall–Kier alpha value is -0.120. The van der Waals surface area contributed by atoms with Crippen LogP contribution in [-0.2, 0) is 0 Å². The van der Waals surface area contributed by atoms with Crippen molar-refractivity contribution < 1.29 is 5.11 Å². The zero-order chi connectivity index (χ0) is 9.64. The normalized spacial score (nSPS) is 43.8. The molecule has 3 rings (SSSR count). The minimum Gasteiger partial charge on any atom is -0.389 e. The van der Waals surface area contributed by atoms with Gasteiger partial charge in [0, 0.05) is 12.0 Å². The maximum Gasteiger partial charge on any atom is 0.0703 e. The standard InChI is InChI=1S/C10H20N2O/c1-6(4-11)10(2,13)9-7-3-8(9)12-5-7/h6-9,12-13H,3-5,11H2,1-2H3. The maximum atomic E-state index is 10.4. The van der Waals surface area contributed by atoms with Crippen molar-refractivity contribution >= 4 is 0 Å². The van der Waals surface area contributed by atoms with Crippen LogP contribution in [0.25, 0.3) is 0 Å². The molecule has 1 aliphatic carbocycles. The van der Waals surface area contributed by atoms with Gasteiger partial charge in [-0.1, -0.05) is 6.92 Å². The summed E-state index contributed by atoms with van der Waals surface area (Å²) in [5.74, 6) is 1.32. The molecule has 2 saturated heterocycles. The molecule has 0 spiro atoms. The van der Waals surface area contributed by atoms with Gasteiger partial charge in [0.1, 0.15) is 0 Å². The molecule has 3 nitrogen and oxygen atoms in total. The monoisotopic (exact) mass is 184 g/mol. The second kappa shape index (κ2) is 2.94. The van der Waals surface area contributed by atoms with E-state index in [-0.39, 0.29) is 5.92 Å². The molecule has 0 radical (unpaired) electrons. The van der Waals surface area contributed by atoms with E-state index in [1.54, 1.807) is 0 Å². The second-order valence-electron chi connectivity index (χ2n) is 4.90. The topological polar surface area (TPSA) is 58.3 Å². The molecular weight excluding hydrogens is 164 g/mol. The van der Waals surface area contributed by atoms with E-state index in [4.69, 9.17) is 5.73 Å². The summed E-state index contributed by atoms with van der Waals surface area (Å²) in [6, 6.07) is 0.550. The number of aliphatic hydroxyl groups is 1. The number of nitrogens with two attached hydrogens (primary N) is 1. The zero-order valence-corrected chi connectivity index (χ0v) is 8.46. The van der Waals surface area contributed by atoms with Crippen molar-refractivity contribution in [3.63, 3.8) is 0 Å². The minimum atomic E-state index is -0.578. The van der Waals surface area contributed by atoms with Crippen LogP contribution in [-0.4, -0.2) is 29.8 Å². The summed E-state index contributed by atoms with van der Waals surface area (Å²) in [6.07, 6.45) is 1.25. The molecule has 0 amide bonds. The molecular formula is C10H20N2O. The summed E-state index contributed by atoms with van der Waals surface area (Å²) >= 11 is 0. The summed E-state index contributed by atoms with van der Waals surface area (Å²) in [4.78, 5) is 0. The first kappa shape index (κ1) is 9.44. The van der Waals surface area contributed by atoms with Gasteiger partial charge >= 0.3 is 0 Å². The number of rotatable bonds is 3. The quantitative estimate of drug-likeness (QED) is 0.576. The van der Waals surface area contributed by atoms with Crippen LogP contribution >= 0.6 is 0 Å². The molecule has 2 heterocycles. The molecule has 0 aromatic carbocycles. The first-order chi connectivity index (χ1) is 6.07. The van der Waals surface area contributed by atoms with E-state index in [1.807, 2.05) is 13.8 Å². The van der Waals surface area contributed by atoms with Crippen LogP contribution in [0.5, 0.6) is 0 Å². The van der Waals surface area contributed by atoms with E-state index in [9.17, 15) is 5.11 Å². The third kappa shape index (κ3) is 1.22. The van der Waals surface area contributed by atoms with Crippen LogP contribution in [0.1, 0.15) is 20.3 Å². The number of hydrogen-bond donors (Lipinski definition) is 3. The van der Waals surface area contributed by atoms with Gasteiger partial charge in [-0.05, 0) is 38.3 Å². The molecule has 3 heteroatoms. The van der Waals surface area contributed by atoms with E-state index in [0.29, 0.717) is 24.4 Å². The van der Waals surface area contributed by atoms with Crippen LogP contribution in [0.15, 0.2) is 0 Å². The highest BCUT2D eigenvalue weighted by molar-refractivity contribution is 5.10. The average molecular weight is 184 g/mol. The lowest BCUT2D eigenvalue weighted by atomic mass is 9.62. The molecule has 2 bridgehead atoms. The van der Waals surface area contributed by atoms with Crippen molar-refractivity contribution in [2.75, 3.05) is 13.1 Å². The Morgan fingerprint density at radius 2 is 2.38 bits per heavy atom. The summed E-state index contributed by atoms with van der Waals surface area (Å²) in [6.45, 7) is 5.64. The third-order valence-electron chi connectivity index (χ3n) is 4.17. The Morgan fingerprint density at radius 3 is 2.77 bits per heavy atom. The van der Waals surface area contributed by atoms with Crippen molar-refractivity contribution in [3.05, 3.63) is 0 Å². The summed E-state index contributed by atoms with van der Waals surface area (Å²) in [7, 11) is 0. The van der Waals surface area contributed by atoms with Gasteiger partial charge in [0.05, 0.1) is 5.60 Å². The van der Waals surface area contributed by atoms with Gasteiger partial charge in [-0.25, -0.2) is 0 Å². The van der Waals surface area contributed by atoms with Crippen molar-refractivity contribution in [1.82, 2.24) is 5.32 Å². The molecule has 76 valence electrons. The highest BCUT2D eigenvalue weighted by Gasteiger charge is 2.55. The van der Waals surface area contributed by atoms with Crippen molar-refractivity contribution in [3.8, 4) is 0 Å². The lowest BCUT2D eigenvalue weighted by Crippen LogP contribution is -2.56. The van der Waals surface area contributed by atoms with Gasteiger partial charge in [0.15, 0.2) is 0 Å². The molecule has 5 atom stereocenters. The lowest BCUT2D eigenvalue weighted by molar-refractivity contribution is -0.0934. The maximum absolute atomic E-state index is 10.4. The first-order valence-electron chi connectivity index (χ1n) is 5.23. The summed E-state index contributed by atoms with van der Waals surface area (Å²) in [5.41, 5.74) is 5.03. The Balaban J connectivity index is 2.07. The van der Waals surface area contributed by atoms with Crippen LogP contribution in [0.2, 0.25) is 0 Å². The van der Waals surface area contributed by atoms with Crippen molar-refractivity contribution in [2.24, 2.45) is 23.5 Å². The van der Waals surface area contributed by atoms with E-state index >= 15 is 0 Å². The zero-order valence-electron chi connectivity index (χ0n) is 8.46. The van der Waals surface area contributed by atoms with Gasteiger partial charge in [-0.15, -0.1) is 0 Å². The molecule has 0 aromatic rings. The summed E-state index contributed by atoms with van der Waals surface area (Å²) < 4.78 is 0. The van der Waals surface area contributed by atoms with Gasteiger partial charge in [0.25, 0.3) is 0 Å². The van der Waals surface area contributed by atoms with Gasteiger partial charge in [-0.3, -0.25) is 0 Å². The highest BCUT2D eigenvalue weighted by Crippen LogP contribution is 2.48.